The van der Waals surface area contributed by atoms with Crippen molar-refractivity contribution < 1.29 is 10.2 Å². The summed E-state index contributed by atoms with van der Waals surface area (Å²) in [5, 5.41) is 22.2. The first-order chi connectivity index (χ1) is 16.8. The summed E-state index contributed by atoms with van der Waals surface area (Å²) in [6, 6.07) is 0.425. The second kappa shape index (κ2) is 9.93. The largest absolute Gasteiger partial charge is 0.388 e. The van der Waals surface area contributed by atoms with Crippen molar-refractivity contribution in [2.45, 2.75) is 70.1 Å². The van der Waals surface area contributed by atoms with E-state index in [1.165, 1.54) is 53.3 Å². The first-order valence-electron chi connectivity index (χ1n) is 13.6. The van der Waals surface area contributed by atoms with Crippen molar-refractivity contribution in [2.24, 2.45) is 40.0 Å². The van der Waals surface area contributed by atoms with Gasteiger partial charge in [0.1, 0.15) is 0 Å². The van der Waals surface area contributed by atoms with E-state index in [1.807, 2.05) is 6.21 Å². The predicted octanol–water partition coefficient (Wildman–Crippen LogP) is 5.84. The van der Waals surface area contributed by atoms with Gasteiger partial charge in [0.05, 0.1) is 18.8 Å². The standard InChI is InChI=1S/C29H38I2N2O2/c1-17-5-21(27(34)25(6-17)29-11-18-7-19(12-29)20(8-18)13-29)14-32-15-24-3-2-4-33(24)16-22-9-23(30)10-26(31)28(22)35/h5-6,9-10,14,18-22,24,27-28,34-35H,2-4,7-8,11-13,15-16H2,1H3/b32-14+. The van der Waals surface area contributed by atoms with Crippen LogP contribution in [0.5, 0.6) is 0 Å². The Balaban J connectivity index is 1.10. The Bertz CT molecular complexity index is 995. The Labute approximate surface area is 237 Å². The molecule has 6 heteroatoms. The third-order valence-corrected chi connectivity index (χ3v) is 11.6. The number of allylic oxidation sites excluding steroid dienone is 4. The van der Waals surface area contributed by atoms with Gasteiger partial charge in [0.2, 0.25) is 0 Å². The van der Waals surface area contributed by atoms with Crippen molar-refractivity contribution >= 4 is 51.4 Å². The van der Waals surface area contributed by atoms with Crippen LogP contribution in [0.3, 0.4) is 0 Å². The molecule has 7 aliphatic rings. The van der Waals surface area contributed by atoms with Gasteiger partial charge in [0.15, 0.2) is 0 Å². The molecule has 7 atom stereocenters. The lowest BCUT2D eigenvalue weighted by Gasteiger charge is -2.44. The number of likely N-dealkylation sites (tertiary alicyclic amines) is 1. The van der Waals surface area contributed by atoms with Crippen LogP contribution in [0.15, 0.2) is 47.6 Å². The average molecular weight is 700 g/mol. The number of nitrogens with zero attached hydrogens (tertiary/aromatic N) is 2. The van der Waals surface area contributed by atoms with E-state index in [-0.39, 0.29) is 17.3 Å². The monoisotopic (exact) mass is 700 g/mol. The Morgan fingerprint density at radius 1 is 1.09 bits per heavy atom. The normalized spacial score (nSPS) is 45.2. The summed E-state index contributed by atoms with van der Waals surface area (Å²) < 4.78 is 2.26. The quantitative estimate of drug-likeness (QED) is 0.271. The van der Waals surface area contributed by atoms with E-state index in [0.717, 1.165) is 47.4 Å². The van der Waals surface area contributed by atoms with Crippen LogP contribution in [-0.2, 0) is 0 Å². The lowest BCUT2D eigenvalue weighted by Crippen LogP contribution is -2.40. The van der Waals surface area contributed by atoms with Crippen molar-refractivity contribution in [3.63, 3.8) is 0 Å². The van der Waals surface area contributed by atoms with Crippen LogP contribution in [-0.4, -0.2) is 59.2 Å². The van der Waals surface area contributed by atoms with Gasteiger partial charge >= 0.3 is 0 Å². The topological polar surface area (TPSA) is 56.1 Å². The molecule has 4 saturated carbocycles. The summed E-state index contributed by atoms with van der Waals surface area (Å²) in [6.07, 6.45) is 19.2. The van der Waals surface area contributed by atoms with Gasteiger partial charge in [-0.05, 0) is 138 Å². The van der Waals surface area contributed by atoms with Crippen LogP contribution < -0.4 is 0 Å². The summed E-state index contributed by atoms with van der Waals surface area (Å²) in [6.45, 7) is 4.94. The van der Waals surface area contributed by atoms with Crippen LogP contribution in [0.25, 0.3) is 0 Å². The van der Waals surface area contributed by atoms with Crippen molar-refractivity contribution in [1.82, 2.24) is 4.90 Å². The molecule has 0 aromatic carbocycles. The van der Waals surface area contributed by atoms with E-state index in [1.54, 1.807) is 0 Å². The third-order valence-electron chi connectivity index (χ3n) is 9.93. The molecule has 35 heavy (non-hydrogen) atoms. The summed E-state index contributed by atoms with van der Waals surface area (Å²) in [7, 11) is 0. The maximum atomic E-state index is 11.5. The zero-order chi connectivity index (χ0) is 24.3. The Hall–Kier alpha value is -0.0300. The van der Waals surface area contributed by atoms with Gasteiger partial charge in [-0.15, -0.1) is 0 Å². The molecule has 1 aliphatic heterocycles. The second-order valence-electron chi connectivity index (χ2n) is 12.3. The second-order valence-corrected chi connectivity index (χ2v) is 14.8. The molecule has 6 aliphatic carbocycles. The molecule has 1 saturated heterocycles. The molecule has 190 valence electrons. The minimum absolute atomic E-state index is 0.00655. The SMILES string of the molecule is CC1=CC(/C=N/CC2CCCN2CC2C=C(I)C=C(I)C2O)C(O)C(C23CC4CC(C2)C(C4)C3)=C1. The molecule has 0 aromatic heterocycles. The molecule has 0 spiro atoms. The van der Waals surface area contributed by atoms with Crippen LogP contribution in [0, 0.1) is 35.0 Å². The summed E-state index contributed by atoms with van der Waals surface area (Å²) in [5.41, 5.74) is 2.87. The van der Waals surface area contributed by atoms with Crippen LogP contribution >= 0.6 is 45.2 Å². The number of aliphatic imine (C=N–C) groups is 1. The molecule has 4 nitrogen and oxygen atoms in total. The number of rotatable bonds is 6. The molecule has 0 amide bonds. The van der Waals surface area contributed by atoms with E-state index in [2.05, 4.69) is 81.3 Å². The van der Waals surface area contributed by atoms with Crippen molar-refractivity contribution in [2.75, 3.05) is 19.6 Å². The molecule has 0 radical (unpaired) electrons. The van der Waals surface area contributed by atoms with Gasteiger partial charge in [-0.3, -0.25) is 9.89 Å². The maximum absolute atomic E-state index is 11.5. The number of hydrogen-bond acceptors (Lipinski definition) is 4. The van der Waals surface area contributed by atoms with Crippen LogP contribution in [0.2, 0.25) is 0 Å². The van der Waals surface area contributed by atoms with Gasteiger partial charge < -0.3 is 10.2 Å². The lowest BCUT2D eigenvalue weighted by atomic mass is 9.62. The molecular weight excluding hydrogens is 662 g/mol. The number of hydrogen-bond donors (Lipinski definition) is 2. The number of halogens is 2. The van der Waals surface area contributed by atoms with Crippen LogP contribution in [0.4, 0.5) is 0 Å². The third kappa shape index (κ3) is 4.81. The van der Waals surface area contributed by atoms with Gasteiger partial charge in [-0.25, -0.2) is 0 Å². The first kappa shape index (κ1) is 25.3. The highest BCUT2D eigenvalue weighted by molar-refractivity contribution is 14.1. The van der Waals surface area contributed by atoms with Gasteiger partial charge in [-0.2, -0.15) is 0 Å². The zero-order valence-electron chi connectivity index (χ0n) is 20.6. The Morgan fingerprint density at radius 2 is 1.86 bits per heavy atom. The smallest absolute Gasteiger partial charge is 0.0922 e. The minimum Gasteiger partial charge on any atom is -0.388 e. The minimum atomic E-state index is -0.420. The molecule has 4 bridgehead atoms. The van der Waals surface area contributed by atoms with E-state index < -0.39 is 12.2 Å². The average Bonchev–Trinajstić information content (AvgIpc) is 3.44. The number of aliphatic hydroxyl groups excluding tert-OH is 2. The highest BCUT2D eigenvalue weighted by Crippen LogP contribution is 2.67. The molecular formula is C29H38I2N2O2. The fraction of sp³-hybridized carbons (Fsp3) is 0.690. The summed E-state index contributed by atoms with van der Waals surface area (Å²) >= 11 is 4.63. The highest BCUT2D eigenvalue weighted by atomic mass is 127. The van der Waals surface area contributed by atoms with Crippen molar-refractivity contribution in [3.05, 3.63) is 42.6 Å². The van der Waals surface area contributed by atoms with Crippen molar-refractivity contribution in [1.29, 1.82) is 0 Å². The van der Waals surface area contributed by atoms with E-state index >= 15 is 0 Å². The fourth-order valence-electron chi connectivity index (χ4n) is 8.57. The molecule has 1 heterocycles. The predicted molar refractivity (Wildman–Crippen MR) is 159 cm³/mol. The zero-order valence-corrected chi connectivity index (χ0v) is 24.9. The lowest BCUT2D eigenvalue weighted by molar-refractivity contribution is 0.112. The van der Waals surface area contributed by atoms with Gasteiger partial charge in [0, 0.05) is 37.8 Å². The van der Waals surface area contributed by atoms with Crippen molar-refractivity contribution in [3.8, 4) is 0 Å². The van der Waals surface area contributed by atoms with Gasteiger partial charge in [0.25, 0.3) is 0 Å². The fourth-order valence-corrected chi connectivity index (χ4v) is 10.8. The highest BCUT2D eigenvalue weighted by Gasteiger charge is 2.58. The molecule has 7 rings (SSSR count). The van der Waals surface area contributed by atoms with E-state index in [9.17, 15) is 10.2 Å². The van der Waals surface area contributed by atoms with E-state index in [4.69, 9.17) is 4.99 Å². The van der Waals surface area contributed by atoms with Crippen LogP contribution in [0.1, 0.15) is 51.9 Å². The maximum Gasteiger partial charge on any atom is 0.0922 e. The van der Waals surface area contributed by atoms with Gasteiger partial charge in [-0.1, -0.05) is 23.8 Å². The van der Waals surface area contributed by atoms with E-state index in [0.29, 0.717) is 6.04 Å². The summed E-state index contributed by atoms with van der Waals surface area (Å²) in [5.74, 6) is 2.86. The molecule has 2 N–H and O–H groups in total. The number of aliphatic hydroxyl groups is 2. The summed E-state index contributed by atoms with van der Waals surface area (Å²) in [4.78, 5) is 7.45. The Morgan fingerprint density at radius 3 is 2.60 bits per heavy atom. The molecule has 0 aromatic rings. The molecule has 7 unspecified atom stereocenters. The molecule has 5 fully saturated rings. The Kier molecular flexibility index (Phi) is 7.17. The first-order valence-corrected chi connectivity index (χ1v) is 15.7.